The molecule has 1 aliphatic heterocycles. The topological polar surface area (TPSA) is 97.1 Å². The number of amides is 1. The van der Waals surface area contributed by atoms with Gasteiger partial charge in [0.25, 0.3) is 5.91 Å². The molecule has 1 aromatic carbocycles. The first-order valence-corrected chi connectivity index (χ1v) is 8.30. The minimum absolute atomic E-state index is 0.130. The van der Waals surface area contributed by atoms with Gasteiger partial charge in [0.15, 0.2) is 5.69 Å². The highest BCUT2D eigenvalue weighted by Crippen LogP contribution is 2.27. The van der Waals surface area contributed by atoms with E-state index >= 15 is 0 Å². The Labute approximate surface area is 144 Å². The molecule has 1 unspecified atom stereocenters. The first-order chi connectivity index (χ1) is 12.1. The molecular weight excluding hydrogens is 322 g/mol. The molecule has 8 nitrogen and oxygen atoms in total. The Morgan fingerprint density at radius 2 is 2.16 bits per heavy atom. The van der Waals surface area contributed by atoms with Gasteiger partial charge >= 0.3 is 0 Å². The Kier molecular flexibility index (Phi) is 3.96. The van der Waals surface area contributed by atoms with Crippen molar-refractivity contribution in [2.45, 2.75) is 25.8 Å². The maximum absolute atomic E-state index is 13.1. The summed E-state index contributed by atoms with van der Waals surface area (Å²) in [6, 6.07) is 7.15. The number of hydrogen-bond acceptors (Lipinski definition) is 6. The van der Waals surface area contributed by atoms with Gasteiger partial charge in [0.2, 0.25) is 11.8 Å². The predicted octanol–water partition coefficient (Wildman–Crippen LogP) is 2.28. The molecule has 25 heavy (non-hydrogen) atoms. The number of aromatic nitrogens is 4. The molecule has 130 valence electrons. The van der Waals surface area contributed by atoms with Gasteiger partial charge in [-0.3, -0.25) is 9.89 Å². The summed E-state index contributed by atoms with van der Waals surface area (Å²) in [5, 5.41) is 16.1. The fourth-order valence-electron chi connectivity index (χ4n) is 2.93. The molecule has 0 bridgehead atoms. The zero-order valence-corrected chi connectivity index (χ0v) is 14.1. The molecule has 2 aromatic heterocycles. The third-order valence-electron chi connectivity index (χ3n) is 4.30. The Bertz CT molecular complexity index is 900. The van der Waals surface area contributed by atoms with Crippen molar-refractivity contribution >= 4 is 16.8 Å². The van der Waals surface area contributed by atoms with Crippen molar-refractivity contribution in [3.8, 4) is 0 Å². The smallest absolute Gasteiger partial charge is 0.275 e. The number of rotatable bonds is 3. The maximum atomic E-state index is 13.1. The maximum Gasteiger partial charge on any atom is 0.275 e. The van der Waals surface area contributed by atoms with Crippen LogP contribution in [-0.4, -0.2) is 51.0 Å². The first kappa shape index (κ1) is 15.8. The molecule has 3 aromatic rings. The number of carbonyl (C=O) groups excluding carboxylic acids is 1. The van der Waals surface area contributed by atoms with Crippen molar-refractivity contribution in [2.24, 2.45) is 0 Å². The van der Waals surface area contributed by atoms with Gasteiger partial charge in [0.1, 0.15) is 6.04 Å². The molecule has 0 radical (unpaired) electrons. The number of ether oxygens (including phenoxy) is 1. The van der Waals surface area contributed by atoms with Crippen LogP contribution in [0.5, 0.6) is 0 Å². The van der Waals surface area contributed by atoms with Crippen molar-refractivity contribution in [3.05, 3.63) is 41.7 Å². The SMILES string of the molecule is CC(C)c1nnc(C2COCCN2C(=O)c2n[nH]c3ccccc23)o1. The Morgan fingerprint density at radius 1 is 1.32 bits per heavy atom. The van der Waals surface area contributed by atoms with Crippen LogP contribution in [0, 0.1) is 0 Å². The van der Waals surface area contributed by atoms with Crippen LogP contribution in [0.2, 0.25) is 0 Å². The predicted molar refractivity (Wildman–Crippen MR) is 89.1 cm³/mol. The minimum atomic E-state index is -0.406. The van der Waals surface area contributed by atoms with Crippen LogP contribution in [-0.2, 0) is 4.74 Å². The number of nitrogens with one attached hydrogen (secondary N) is 1. The molecule has 0 saturated carbocycles. The fourth-order valence-corrected chi connectivity index (χ4v) is 2.93. The largest absolute Gasteiger partial charge is 0.423 e. The van der Waals surface area contributed by atoms with Crippen LogP contribution in [0.15, 0.2) is 28.7 Å². The summed E-state index contributed by atoms with van der Waals surface area (Å²) in [5.41, 5.74) is 1.22. The average molecular weight is 341 g/mol. The number of H-pyrrole nitrogens is 1. The molecular formula is C17H19N5O3. The fraction of sp³-hybridized carbons (Fsp3) is 0.412. The lowest BCUT2D eigenvalue weighted by atomic mass is 10.1. The van der Waals surface area contributed by atoms with Crippen molar-refractivity contribution in [2.75, 3.05) is 19.8 Å². The van der Waals surface area contributed by atoms with Crippen molar-refractivity contribution < 1.29 is 13.9 Å². The van der Waals surface area contributed by atoms with E-state index in [9.17, 15) is 4.79 Å². The van der Waals surface area contributed by atoms with Gasteiger partial charge in [-0.05, 0) is 6.07 Å². The highest BCUT2D eigenvalue weighted by molar-refractivity contribution is 6.04. The van der Waals surface area contributed by atoms with Crippen LogP contribution in [0.25, 0.3) is 10.9 Å². The van der Waals surface area contributed by atoms with E-state index in [4.69, 9.17) is 9.15 Å². The van der Waals surface area contributed by atoms with Gasteiger partial charge in [-0.25, -0.2) is 0 Å². The third kappa shape index (κ3) is 2.78. The molecule has 1 aliphatic rings. The summed E-state index contributed by atoms with van der Waals surface area (Å²) in [6.45, 7) is 5.20. The molecule has 1 fully saturated rings. The highest BCUT2D eigenvalue weighted by Gasteiger charge is 2.35. The van der Waals surface area contributed by atoms with E-state index in [2.05, 4.69) is 20.4 Å². The van der Waals surface area contributed by atoms with E-state index in [1.165, 1.54) is 0 Å². The second-order valence-electron chi connectivity index (χ2n) is 6.34. The lowest BCUT2D eigenvalue weighted by molar-refractivity contribution is -0.0109. The van der Waals surface area contributed by atoms with E-state index in [1.807, 2.05) is 38.1 Å². The van der Waals surface area contributed by atoms with Gasteiger partial charge in [-0.15, -0.1) is 10.2 Å². The summed E-state index contributed by atoms with van der Waals surface area (Å²) in [5.74, 6) is 0.912. The van der Waals surface area contributed by atoms with Crippen molar-refractivity contribution in [1.82, 2.24) is 25.3 Å². The van der Waals surface area contributed by atoms with E-state index in [0.29, 0.717) is 37.2 Å². The third-order valence-corrected chi connectivity index (χ3v) is 4.30. The molecule has 1 amide bonds. The zero-order valence-electron chi connectivity index (χ0n) is 14.1. The molecule has 0 aliphatic carbocycles. The van der Waals surface area contributed by atoms with Crippen LogP contribution < -0.4 is 0 Å². The Balaban J connectivity index is 1.67. The summed E-state index contributed by atoms with van der Waals surface area (Å²) in [4.78, 5) is 14.8. The molecule has 1 N–H and O–H groups in total. The lowest BCUT2D eigenvalue weighted by Crippen LogP contribution is -2.43. The molecule has 1 atom stereocenters. The number of benzene rings is 1. The molecule has 0 spiro atoms. The summed E-state index contributed by atoms with van der Waals surface area (Å²) < 4.78 is 11.3. The Hall–Kier alpha value is -2.74. The normalized spacial score (nSPS) is 18.2. The standard InChI is InChI=1S/C17H19N5O3/c1-10(2)15-20-21-16(25-15)13-9-24-8-7-22(13)17(23)14-11-5-3-4-6-12(11)18-19-14/h3-6,10,13H,7-9H2,1-2H3,(H,18,19). The van der Waals surface area contributed by atoms with Gasteiger partial charge in [-0.2, -0.15) is 5.10 Å². The quantitative estimate of drug-likeness (QED) is 0.785. The highest BCUT2D eigenvalue weighted by atomic mass is 16.5. The molecule has 1 saturated heterocycles. The second kappa shape index (κ2) is 6.29. The van der Waals surface area contributed by atoms with Crippen LogP contribution in [0.3, 0.4) is 0 Å². The summed E-state index contributed by atoms with van der Waals surface area (Å²) in [7, 11) is 0. The molecule has 4 rings (SSSR count). The molecule has 3 heterocycles. The van der Waals surface area contributed by atoms with Gasteiger partial charge < -0.3 is 14.1 Å². The zero-order chi connectivity index (χ0) is 17.4. The number of nitrogens with zero attached hydrogens (tertiary/aromatic N) is 4. The van der Waals surface area contributed by atoms with Gasteiger partial charge in [0, 0.05) is 17.8 Å². The average Bonchev–Trinajstić information content (AvgIpc) is 3.28. The number of aromatic amines is 1. The van der Waals surface area contributed by atoms with Crippen molar-refractivity contribution in [3.63, 3.8) is 0 Å². The van der Waals surface area contributed by atoms with E-state index in [1.54, 1.807) is 4.90 Å². The van der Waals surface area contributed by atoms with Gasteiger partial charge in [-0.1, -0.05) is 32.0 Å². The minimum Gasteiger partial charge on any atom is -0.423 e. The number of fused-ring (bicyclic) bond motifs is 1. The first-order valence-electron chi connectivity index (χ1n) is 8.30. The number of hydrogen-bond donors (Lipinski definition) is 1. The molecule has 8 heteroatoms. The second-order valence-corrected chi connectivity index (χ2v) is 6.34. The summed E-state index contributed by atoms with van der Waals surface area (Å²) in [6.07, 6.45) is 0. The monoisotopic (exact) mass is 341 g/mol. The van der Waals surface area contributed by atoms with Crippen LogP contribution in [0.1, 0.15) is 48.1 Å². The van der Waals surface area contributed by atoms with E-state index in [-0.39, 0.29) is 11.8 Å². The van der Waals surface area contributed by atoms with Gasteiger partial charge in [0.05, 0.1) is 18.7 Å². The summed E-state index contributed by atoms with van der Waals surface area (Å²) >= 11 is 0. The number of carbonyl (C=O) groups is 1. The Morgan fingerprint density at radius 3 is 2.96 bits per heavy atom. The van der Waals surface area contributed by atoms with E-state index in [0.717, 1.165) is 10.9 Å². The number of morpholine rings is 1. The lowest BCUT2D eigenvalue weighted by Gasteiger charge is -2.32. The van der Waals surface area contributed by atoms with Crippen LogP contribution in [0.4, 0.5) is 0 Å². The van der Waals surface area contributed by atoms with E-state index < -0.39 is 6.04 Å². The van der Waals surface area contributed by atoms with Crippen molar-refractivity contribution in [1.29, 1.82) is 0 Å². The van der Waals surface area contributed by atoms with Crippen LogP contribution >= 0.6 is 0 Å². The number of para-hydroxylation sites is 1.